The van der Waals surface area contributed by atoms with Gasteiger partial charge in [-0.1, -0.05) is 38.5 Å². The number of benzene rings is 1. The van der Waals surface area contributed by atoms with Gasteiger partial charge in [0.05, 0.1) is 11.3 Å². The number of aliphatic imine (C=N–C) groups is 1. The predicted octanol–water partition coefficient (Wildman–Crippen LogP) is 5.30. The Morgan fingerprint density at radius 1 is 1.07 bits per heavy atom. The van der Waals surface area contributed by atoms with E-state index in [4.69, 9.17) is 4.99 Å². The predicted molar refractivity (Wildman–Crippen MR) is 185 cm³/mol. The molecule has 1 aliphatic carbocycles. The third-order valence-electron chi connectivity index (χ3n) is 7.66. The van der Waals surface area contributed by atoms with Crippen LogP contribution in [0.4, 0.5) is 0 Å². The number of carbonyl (C=O) groups is 2. The van der Waals surface area contributed by atoms with Crippen molar-refractivity contribution in [2.75, 3.05) is 33.2 Å². The van der Waals surface area contributed by atoms with Gasteiger partial charge in [-0.2, -0.15) is 42.3 Å². The van der Waals surface area contributed by atoms with E-state index in [-0.39, 0.29) is 54.4 Å². The summed E-state index contributed by atoms with van der Waals surface area (Å²) in [4.78, 5) is 47.0. The molecule has 2 amide bonds. The molecule has 1 aromatic carbocycles. The van der Waals surface area contributed by atoms with E-state index in [1.54, 1.807) is 9.80 Å². The van der Waals surface area contributed by atoms with E-state index in [2.05, 4.69) is 43.0 Å². The maximum Gasteiger partial charge on any atom is 2.00 e. The number of amides is 2. The fourth-order valence-electron chi connectivity index (χ4n) is 5.45. The van der Waals surface area contributed by atoms with Crippen molar-refractivity contribution in [1.82, 2.24) is 14.7 Å². The number of nitrogens with zero attached hydrogens (tertiary/aromatic N) is 4. The van der Waals surface area contributed by atoms with Crippen LogP contribution in [0.1, 0.15) is 58.9 Å². The first kappa shape index (κ1) is 42.6. The molecule has 4 rings (SSSR count). The molecule has 8 nitrogen and oxygen atoms in total. The Hall–Kier alpha value is -3.43. The number of hydrogen-bond donors (Lipinski definition) is 1. The monoisotopic (exact) mass is 849 g/mol. The number of allylic oxidation sites excluding steroid dienone is 4. The number of rotatable bonds is 7. The Labute approximate surface area is 300 Å². The van der Waals surface area contributed by atoms with Crippen LogP contribution in [-0.4, -0.2) is 77.9 Å². The molecule has 2 fully saturated rings. The van der Waals surface area contributed by atoms with Gasteiger partial charge >= 0.3 is 31.1 Å². The molecule has 0 aromatic heterocycles. The molecular formula is C37H49N5O3U. The van der Waals surface area contributed by atoms with E-state index in [0.717, 1.165) is 50.0 Å². The summed E-state index contributed by atoms with van der Waals surface area (Å²) >= 11 is 0. The van der Waals surface area contributed by atoms with E-state index in [1.807, 2.05) is 75.8 Å². The standard InChI is InChI=1S/C27H35N4O3.C7H7.C2H2.CH5N.U/c1-6-22(30-16-14-29(18-32)15-17-30)13-12-19(3)28-26-24(7-2)20(4)25(21(5)33)27(34)31(26)23-10-8-9-11-23;1-7-5-3-2-4-6-7;2*1-2;/h6-7,12-13,23H,3,8-11,14-17H2,1-2,4-5H3;3-6H,1H3;1-2H;2H2,1H3;/q2*-1;;;+2/b13-12-,22-6+,24-7-,28-26?;;;;. The number of Topliss-reactive ketones (excluding diaryl/α,β-unsaturated/α-hetero) is 1. The van der Waals surface area contributed by atoms with Gasteiger partial charge in [0.15, 0.2) is 5.78 Å². The average molecular weight is 850 g/mol. The molecule has 1 saturated carbocycles. The first-order valence-electron chi connectivity index (χ1n) is 15.3. The molecule has 0 radical (unpaired) electrons. The number of nitrogens with two attached hydrogens (primary N) is 1. The Balaban J connectivity index is 0.00000145. The molecule has 1 aromatic rings. The minimum atomic E-state index is -0.253. The normalized spacial score (nSPS) is 18.6. The van der Waals surface area contributed by atoms with Crippen LogP contribution in [0.5, 0.6) is 0 Å². The van der Waals surface area contributed by atoms with Gasteiger partial charge < -0.3 is 20.3 Å². The van der Waals surface area contributed by atoms with Gasteiger partial charge in [-0.25, -0.2) is 4.99 Å². The number of amidine groups is 1. The zero-order valence-electron chi connectivity index (χ0n) is 28.3. The average Bonchev–Trinajstić information content (AvgIpc) is 3.59. The number of aryl methyl sites for hydroxylation is 1. The van der Waals surface area contributed by atoms with Gasteiger partial charge in [0.2, 0.25) is 0 Å². The van der Waals surface area contributed by atoms with Crippen molar-refractivity contribution in [3.05, 3.63) is 94.9 Å². The topological polar surface area (TPSA) is 99.3 Å². The molecule has 3 aliphatic rings. The number of piperazine rings is 1. The van der Waals surface area contributed by atoms with E-state index in [9.17, 15) is 14.4 Å². The largest absolute Gasteiger partial charge is 2.00 e. The fourth-order valence-corrected chi connectivity index (χ4v) is 5.45. The molecule has 244 valence electrons. The van der Waals surface area contributed by atoms with Crippen molar-refractivity contribution in [2.45, 2.75) is 66.3 Å². The van der Waals surface area contributed by atoms with Crippen molar-refractivity contribution in [3.8, 4) is 12.8 Å². The second-order valence-corrected chi connectivity index (χ2v) is 10.5. The summed E-state index contributed by atoms with van der Waals surface area (Å²) < 4.78 is 0. The van der Waals surface area contributed by atoms with Crippen molar-refractivity contribution in [2.24, 2.45) is 10.7 Å². The van der Waals surface area contributed by atoms with Crippen LogP contribution < -0.4 is 5.73 Å². The fraction of sp³-hybridized carbons (Fsp3) is 0.405. The number of terminal acetylenes is 1. The molecule has 0 unspecified atom stereocenters. The van der Waals surface area contributed by atoms with Gasteiger partial charge in [0.25, 0.3) is 5.91 Å². The molecule has 0 spiro atoms. The molecule has 0 bridgehead atoms. The number of ketones is 1. The Morgan fingerprint density at radius 3 is 2.07 bits per heavy atom. The first-order chi connectivity index (χ1) is 21.7. The van der Waals surface area contributed by atoms with E-state index in [0.29, 0.717) is 30.2 Å². The quantitative estimate of drug-likeness (QED) is 0.174. The molecule has 1 saturated heterocycles. The number of hydrogen-bond acceptors (Lipinski definition) is 6. The third kappa shape index (κ3) is 12.1. The van der Waals surface area contributed by atoms with Gasteiger partial charge in [0.1, 0.15) is 5.84 Å². The zero-order valence-corrected chi connectivity index (χ0v) is 32.5. The van der Waals surface area contributed by atoms with Crippen molar-refractivity contribution in [3.63, 3.8) is 0 Å². The molecule has 0 atom stereocenters. The van der Waals surface area contributed by atoms with Crippen LogP contribution in [0.3, 0.4) is 0 Å². The maximum atomic E-state index is 13.4. The van der Waals surface area contributed by atoms with Crippen molar-refractivity contribution < 1.29 is 45.5 Å². The molecule has 2 N–H and O–H groups in total. The summed E-state index contributed by atoms with van der Waals surface area (Å²) in [7, 11) is 1.50. The van der Waals surface area contributed by atoms with Gasteiger partial charge in [-0.15, -0.1) is 12.8 Å². The molecule has 46 heavy (non-hydrogen) atoms. The first-order valence-corrected chi connectivity index (χ1v) is 15.3. The maximum absolute atomic E-state index is 13.4. The van der Waals surface area contributed by atoms with Gasteiger partial charge in [-0.3, -0.25) is 14.5 Å². The minimum Gasteiger partial charge on any atom is -0.520 e. The van der Waals surface area contributed by atoms with Crippen LogP contribution in [-0.2, 0) is 14.4 Å². The molecule has 2 heterocycles. The molecular weight excluding hydrogens is 800 g/mol. The smallest absolute Gasteiger partial charge is 0.520 e. The summed E-state index contributed by atoms with van der Waals surface area (Å²) in [6, 6.07) is 10.9. The summed E-state index contributed by atoms with van der Waals surface area (Å²) in [6.07, 6.45) is 21.7. The van der Waals surface area contributed by atoms with Crippen LogP contribution in [0.2, 0.25) is 0 Å². The minimum absolute atomic E-state index is 0. The van der Waals surface area contributed by atoms with Crippen LogP contribution in [0.15, 0.2) is 88.3 Å². The number of carbonyl (C=O) groups excluding carboxylic acids is 3. The van der Waals surface area contributed by atoms with Crippen LogP contribution in [0, 0.1) is 56.9 Å². The Kier molecular flexibility index (Phi) is 21.3. The SMILES string of the molecule is C#C.C=C(/C=C\C(=C/C)N1CCN([C-]=O)CC1)N=C1/C(=C\C)C(C)=C(C(C)=O)C(=O)N1C1CCCC1.CN.Cc1cc[c-]cc1.[U+2]. The summed E-state index contributed by atoms with van der Waals surface area (Å²) in [5, 5.41) is 0. The van der Waals surface area contributed by atoms with Gasteiger partial charge in [0, 0.05) is 43.5 Å². The van der Waals surface area contributed by atoms with Crippen LogP contribution in [0.25, 0.3) is 0 Å². The van der Waals surface area contributed by atoms with Gasteiger partial charge in [-0.05, 0) is 65.3 Å². The Morgan fingerprint density at radius 2 is 1.63 bits per heavy atom. The second kappa shape index (κ2) is 23.0. The van der Waals surface area contributed by atoms with Crippen molar-refractivity contribution in [1.29, 1.82) is 0 Å². The third-order valence-corrected chi connectivity index (χ3v) is 7.66. The van der Waals surface area contributed by atoms with E-state index in [1.165, 1.54) is 19.5 Å². The molecule has 2 aliphatic heterocycles. The Bertz CT molecular complexity index is 1330. The zero-order chi connectivity index (χ0) is 33.9. The van der Waals surface area contributed by atoms with E-state index < -0.39 is 0 Å². The summed E-state index contributed by atoms with van der Waals surface area (Å²) in [5.74, 6) is 0.110. The molecule has 9 heteroatoms. The van der Waals surface area contributed by atoms with Crippen molar-refractivity contribution >= 4 is 23.9 Å². The summed E-state index contributed by atoms with van der Waals surface area (Å²) in [6.45, 7) is 16.1. The summed E-state index contributed by atoms with van der Waals surface area (Å²) in [5.41, 5.74) is 9.08. The van der Waals surface area contributed by atoms with E-state index >= 15 is 0 Å². The second-order valence-electron chi connectivity index (χ2n) is 10.5. The van der Waals surface area contributed by atoms with Crippen LogP contribution >= 0.6 is 0 Å².